The maximum Gasteiger partial charge on any atom is 0.227 e. The van der Waals surface area contributed by atoms with E-state index in [0.717, 1.165) is 71.6 Å². The van der Waals surface area contributed by atoms with Gasteiger partial charge in [-0.05, 0) is 52.7 Å². The number of aromatic nitrogens is 4. The van der Waals surface area contributed by atoms with Crippen molar-refractivity contribution in [2.75, 3.05) is 0 Å². The molecule has 10 rings (SSSR count). The molecule has 0 N–H and O–H groups in total. The van der Waals surface area contributed by atoms with Gasteiger partial charge in [-0.25, -0.2) is 19.9 Å². The number of nitrogens with zero attached hydrogens (tertiary/aromatic N) is 4. The quantitative estimate of drug-likeness (QED) is 0.186. The summed E-state index contributed by atoms with van der Waals surface area (Å²) in [6.45, 7) is 0. The highest BCUT2D eigenvalue weighted by molar-refractivity contribution is 6.16. The summed E-state index contributed by atoms with van der Waals surface area (Å²) in [5, 5.41) is 4.27. The fourth-order valence-corrected chi connectivity index (χ4v) is 6.71. The average Bonchev–Trinajstić information content (AvgIpc) is 3.79. The number of benzene rings is 7. The predicted molar refractivity (Wildman–Crippen MR) is 199 cm³/mol. The van der Waals surface area contributed by atoms with Crippen molar-refractivity contribution in [2.24, 2.45) is 0 Å². The molecule has 0 spiro atoms. The summed E-state index contributed by atoms with van der Waals surface area (Å²) in [4.78, 5) is 20.1. The number of hydrogen-bond donors (Lipinski definition) is 0. The largest absolute Gasteiger partial charge is 0.455 e. The minimum absolute atomic E-state index is 0.556. The Hall–Kier alpha value is -6.92. The Morgan fingerprint density at radius 2 is 0.980 bits per heavy atom. The summed E-state index contributed by atoms with van der Waals surface area (Å²) < 4.78 is 13.0. The van der Waals surface area contributed by atoms with Crippen LogP contribution in [0.15, 0.2) is 167 Å². The molecule has 6 heteroatoms. The molecule has 234 valence electrons. The highest BCUT2D eigenvalue weighted by Crippen LogP contribution is 2.43. The number of oxazole rings is 1. The molecule has 0 aliphatic heterocycles. The first kappa shape index (κ1) is 28.1. The van der Waals surface area contributed by atoms with Gasteiger partial charge in [0.25, 0.3) is 0 Å². The van der Waals surface area contributed by atoms with E-state index in [1.54, 1.807) is 0 Å². The molecule has 0 aliphatic carbocycles. The highest BCUT2D eigenvalue weighted by Gasteiger charge is 2.22. The average molecular weight is 643 g/mol. The van der Waals surface area contributed by atoms with E-state index in [9.17, 15) is 0 Å². The van der Waals surface area contributed by atoms with Crippen molar-refractivity contribution < 1.29 is 8.83 Å². The van der Waals surface area contributed by atoms with Crippen LogP contribution in [0.4, 0.5) is 0 Å². The SMILES string of the molecule is c1ccc(-c2nc(-c3cccc(-c4c5nc(-c6ccccc6)oc5cc5c4oc4ccccc45)c3)nc(-c3ccc4ccccc4c3)n2)cc1. The maximum atomic E-state index is 6.57. The van der Waals surface area contributed by atoms with Gasteiger partial charge in [0.05, 0.1) is 5.56 Å². The standard InChI is InChI=1S/C44H26N4O2/c1-3-13-28(14-4-1)41-46-42(48-43(47-41)33-23-22-27-12-7-8-17-30(27)24-33)32-19-11-18-31(25-32)38-39-37(50-44(45-39)29-15-5-2-6-16-29)26-35-34-20-9-10-21-36(34)49-40(35)38/h1-26H. The molecule has 0 saturated heterocycles. The van der Waals surface area contributed by atoms with Gasteiger partial charge < -0.3 is 8.83 Å². The lowest BCUT2D eigenvalue weighted by molar-refractivity contribution is 0.620. The van der Waals surface area contributed by atoms with Crippen molar-refractivity contribution in [1.29, 1.82) is 0 Å². The Labute approximate surface area is 286 Å². The summed E-state index contributed by atoms with van der Waals surface area (Å²) in [5.74, 6) is 2.34. The third kappa shape index (κ3) is 4.73. The summed E-state index contributed by atoms with van der Waals surface area (Å²) in [6, 6.07) is 53.0. The molecule has 7 aromatic carbocycles. The summed E-state index contributed by atoms with van der Waals surface area (Å²) >= 11 is 0. The lowest BCUT2D eigenvalue weighted by Gasteiger charge is -2.10. The van der Waals surface area contributed by atoms with E-state index in [1.807, 2.05) is 109 Å². The number of fused-ring (bicyclic) bond motifs is 5. The predicted octanol–water partition coefficient (Wildman–Crippen LogP) is 11.4. The van der Waals surface area contributed by atoms with E-state index in [1.165, 1.54) is 0 Å². The second-order valence-electron chi connectivity index (χ2n) is 12.3. The second-order valence-corrected chi connectivity index (χ2v) is 12.3. The molecule has 0 saturated carbocycles. The Morgan fingerprint density at radius 1 is 0.360 bits per heavy atom. The van der Waals surface area contributed by atoms with Crippen LogP contribution in [0.25, 0.3) is 101 Å². The molecule has 10 aromatic rings. The van der Waals surface area contributed by atoms with Gasteiger partial charge in [-0.3, -0.25) is 0 Å². The van der Waals surface area contributed by atoms with Gasteiger partial charge in [0.1, 0.15) is 16.7 Å². The van der Waals surface area contributed by atoms with Gasteiger partial charge in [-0.1, -0.05) is 121 Å². The molecule has 0 amide bonds. The van der Waals surface area contributed by atoms with E-state index >= 15 is 0 Å². The van der Waals surface area contributed by atoms with E-state index in [-0.39, 0.29) is 0 Å². The minimum atomic E-state index is 0.556. The molecule has 0 fully saturated rings. The normalized spacial score (nSPS) is 11.6. The monoisotopic (exact) mass is 642 g/mol. The Balaban J connectivity index is 1.19. The third-order valence-corrected chi connectivity index (χ3v) is 9.13. The van der Waals surface area contributed by atoms with Crippen molar-refractivity contribution in [3.8, 4) is 56.7 Å². The van der Waals surface area contributed by atoms with Gasteiger partial charge in [0.2, 0.25) is 5.89 Å². The number of furan rings is 1. The van der Waals surface area contributed by atoms with Crippen molar-refractivity contribution in [2.45, 2.75) is 0 Å². The minimum Gasteiger partial charge on any atom is -0.455 e. The van der Waals surface area contributed by atoms with E-state index in [4.69, 9.17) is 28.8 Å². The van der Waals surface area contributed by atoms with Gasteiger partial charge >= 0.3 is 0 Å². The molecular weight excluding hydrogens is 617 g/mol. The van der Waals surface area contributed by atoms with Gasteiger partial charge in [-0.15, -0.1) is 0 Å². The van der Waals surface area contributed by atoms with Crippen molar-refractivity contribution in [3.05, 3.63) is 158 Å². The zero-order valence-corrected chi connectivity index (χ0v) is 26.6. The molecule has 3 aromatic heterocycles. The smallest absolute Gasteiger partial charge is 0.227 e. The highest BCUT2D eigenvalue weighted by atomic mass is 16.4. The maximum absolute atomic E-state index is 6.57. The molecule has 0 atom stereocenters. The number of para-hydroxylation sites is 1. The molecule has 0 unspecified atom stereocenters. The zero-order valence-electron chi connectivity index (χ0n) is 26.6. The van der Waals surface area contributed by atoms with Crippen LogP contribution in [0, 0.1) is 0 Å². The molecule has 0 bridgehead atoms. The van der Waals surface area contributed by atoms with Crippen LogP contribution in [0.2, 0.25) is 0 Å². The Bertz CT molecular complexity index is 2880. The van der Waals surface area contributed by atoms with Crippen LogP contribution in [0.3, 0.4) is 0 Å². The summed E-state index contributed by atoms with van der Waals surface area (Å²) in [5.41, 5.74) is 8.33. The molecule has 6 nitrogen and oxygen atoms in total. The lowest BCUT2D eigenvalue weighted by Crippen LogP contribution is -2.00. The summed E-state index contributed by atoms with van der Waals surface area (Å²) in [6.07, 6.45) is 0. The molecular formula is C44H26N4O2. The fraction of sp³-hybridized carbons (Fsp3) is 0. The van der Waals surface area contributed by atoms with E-state index in [0.29, 0.717) is 28.9 Å². The Morgan fingerprint density at radius 3 is 1.78 bits per heavy atom. The summed E-state index contributed by atoms with van der Waals surface area (Å²) in [7, 11) is 0. The third-order valence-electron chi connectivity index (χ3n) is 9.13. The van der Waals surface area contributed by atoms with Crippen LogP contribution in [-0.4, -0.2) is 19.9 Å². The van der Waals surface area contributed by atoms with Crippen LogP contribution < -0.4 is 0 Å². The second kappa shape index (κ2) is 11.4. The van der Waals surface area contributed by atoms with Crippen molar-refractivity contribution >= 4 is 43.8 Å². The van der Waals surface area contributed by atoms with Gasteiger partial charge in [0.15, 0.2) is 23.1 Å². The molecule has 3 heterocycles. The molecule has 0 radical (unpaired) electrons. The zero-order chi connectivity index (χ0) is 33.0. The molecule has 50 heavy (non-hydrogen) atoms. The topological polar surface area (TPSA) is 77.8 Å². The van der Waals surface area contributed by atoms with Crippen LogP contribution in [-0.2, 0) is 0 Å². The van der Waals surface area contributed by atoms with Crippen LogP contribution in [0.5, 0.6) is 0 Å². The fourth-order valence-electron chi connectivity index (χ4n) is 6.71. The Kier molecular flexibility index (Phi) is 6.39. The van der Waals surface area contributed by atoms with Gasteiger partial charge in [-0.2, -0.15) is 0 Å². The van der Waals surface area contributed by atoms with Crippen molar-refractivity contribution in [3.63, 3.8) is 0 Å². The van der Waals surface area contributed by atoms with Crippen LogP contribution >= 0.6 is 0 Å². The number of hydrogen-bond acceptors (Lipinski definition) is 6. The number of rotatable bonds is 5. The first-order valence-electron chi connectivity index (χ1n) is 16.5. The van der Waals surface area contributed by atoms with Crippen molar-refractivity contribution in [1.82, 2.24) is 19.9 Å². The van der Waals surface area contributed by atoms with Crippen LogP contribution in [0.1, 0.15) is 0 Å². The lowest BCUT2D eigenvalue weighted by atomic mass is 9.98. The molecule has 0 aliphatic rings. The van der Waals surface area contributed by atoms with E-state index in [2.05, 4.69) is 48.5 Å². The first-order chi connectivity index (χ1) is 24.7. The van der Waals surface area contributed by atoms with E-state index < -0.39 is 0 Å². The van der Waals surface area contributed by atoms with Gasteiger partial charge in [0, 0.05) is 33.0 Å². The first-order valence-corrected chi connectivity index (χ1v) is 16.5.